The first-order chi connectivity index (χ1) is 14.1. The lowest BCUT2D eigenvalue weighted by Crippen LogP contribution is -2.50. The van der Waals surface area contributed by atoms with Crippen molar-refractivity contribution in [3.8, 4) is 0 Å². The molecule has 3 aliphatic rings. The summed E-state index contributed by atoms with van der Waals surface area (Å²) in [5.74, 6) is 0.371. The van der Waals surface area contributed by atoms with Crippen LogP contribution in [-0.2, 0) is 22.4 Å². The molecule has 2 saturated heterocycles. The van der Waals surface area contributed by atoms with E-state index in [1.807, 2.05) is 4.90 Å². The highest BCUT2D eigenvalue weighted by atomic mass is 16.2. The number of hydrogen-bond donors (Lipinski definition) is 1. The zero-order valence-electron chi connectivity index (χ0n) is 17.8. The van der Waals surface area contributed by atoms with Gasteiger partial charge in [-0.1, -0.05) is 24.6 Å². The molecular weight excluding hydrogens is 362 g/mol. The van der Waals surface area contributed by atoms with Gasteiger partial charge in [-0.05, 0) is 75.1 Å². The van der Waals surface area contributed by atoms with E-state index in [2.05, 4.69) is 35.3 Å². The van der Waals surface area contributed by atoms with Crippen molar-refractivity contribution in [1.29, 1.82) is 0 Å². The van der Waals surface area contributed by atoms with Crippen LogP contribution in [0.3, 0.4) is 0 Å². The van der Waals surface area contributed by atoms with Gasteiger partial charge in [-0.3, -0.25) is 14.5 Å². The van der Waals surface area contributed by atoms with E-state index in [9.17, 15) is 9.59 Å². The number of fused-ring (bicyclic) bond motifs is 1. The number of carbonyl (C=O) groups excluding carboxylic acids is 2. The molecule has 29 heavy (non-hydrogen) atoms. The van der Waals surface area contributed by atoms with E-state index in [0.29, 0.717) is 19.0 Å². The summed E-state index contributed by atoms with van der Waals surface area (Å²) in [5, 5.41) is 3.21. The van der Waals surface area contributed by atoms with Gasteiger partial charge in [0.2, 0.25) is 11.8 Å². The number of nitrogens with zero attached hydrogens (tertiary/aromatic N) is 2. The maximum absolute atomic E-state index is 12.8. The van der Waals surface area contributed by atoms with Gasteiger partial charge in [-0.25, -0.2) is 0 Å². The first kappa shape index (κ1) is 20.4. The van der Waals surface area contributed by atoms with E-state index in [1.54, 1.807) is 0 Å². The molecule has 2 atom stereocenters. The third-order valence-electron chi connectivity index (χ3n) is 6.95. The van der Waals surface area contributed by atoms with Crippen molar-refractivity contribution in [2.75, 3.05) is 26.2 Å². The largest absolute Gasteiger partial charge is 0.348 e. The maximum Gasteiger partial charge on any atom is 0.234 e. The first-order valence-corrected chi connectivity index (χ1v) is 11.5. The van der Waals surface area contributed by atoms with Gasteiger partial charge in [0.25, 0.3) is 0 Å². The summed E-state index contributed by atoms with van der Waals surface area (Å²) in [6.07, 6.45) is 9.98. The van der Waals surface area contributed by atoms with Gasteiger partial charge in [-0.2, -0.15) is 0 Å². The van der Waals surface area contributed by atoms with Crippen molar-refractivity contribution in [3.05, 3.63) is 34.9 Å². The summed E-state index contributed by atoms with van der Waals surface area (Å²) in [4.78, 5) is 29.1. The Morgan fingerprint density at radius 2 is 1.90 bits per heavy atom. The molecule has 0 spiro atoms. The predicted molar refractivity (Wildman–Crippen MR) is 115 cm³/mol. The minimum atomic E-state index is 0.0260. The Morgan fingerprint density at radius 1 is 1.07 bits per heavy atom. The van der Waals surface area contributed by atoms with Gasteiger partial charge in [0.1, 0.15) is 0 Å². The van der Waals surface area contributed by atoms with Crippen LogP contribution >= 0.6 is 0 Å². The lowest BCUT2D eigenvalue weighted by Gasteiger charge is -2.37. The number of hydrogen-bond acceptors (Lipinski definition) is 3. The lowest BCUT2D eigenvalue weighted by molar-refractivity contribution is -0.128. The van der Waals surface area contributed by atoms with Gasteiger partial charge in [-0.15, -0.1) is 0 Å². The smallest absolute Gasteiger partial charge is 0.234 e. The minimum Gasteiger partial charge on any atom is -0.348 e. The standard InChI is InChI=1S/C24H35N3O2/c1-18(20-12-11-19-7-2-3-8-21(19)15-20)25-23(28)17-26-13-5-4-9-22(26)16-27-14-6-10-24(27)29/h11-12,15,18,22H,2-10,13-14,16-17H2,1H3,(H,25,28). The zero-order valence-corrected chi connectivity index (χ0v) is 17.8. The summed E-state index contributed by atoms with van der Waals surface area (Å²) in [5.41, 5.74) is 4.14. The van der Waals surface area contributed by atoms with Crippen LogP contribution in [0.5, 0.6) is 0 Å². The number of nitrogens with one attached hydrogen (secondary N) is 1. The Morgan fingerprint density at radius 3 is 2.69 bits per heavy atom. The number of aryl methyl sites for hydroxylation is 2. The number of amides is 2. The van der Waals surface area contributed by atoms with Gasteiger partial charge in [0.15, 0.2) is 0 Å². The van der Waals surface area contributed by atoms with E-state index >= 15 is 0 Å². The highest BCUT2D eigenvalue weighted by Gasteiger charge is 2.29. The normalized spacial score (nSPS) is 23.7. The van der Waals surface area contributed by atoms with Crippen molar-refractivity contribution < 1.29 is 9.59 Å². The van der Waals surface area contributed by atoms with E-state index in [-0.39, 0.29) is 17.9 Å². The Bertz CT molecular complexity index is 748. The van der Waals surface area contributed by atoms with Crippen molar-refractivity contribution in [3.63, 3.8) is 0 Å². The third-order valence-corrected chi connectivity index (χ3v) is 6.95. The molecule has 1 aliphatic carbocycles. The van der Waals surface area contributed by atoms with Crippen molar-refractivity contribution in [2.45, 2.75) is 76.8 Å². The first-order valence-electron chi connectivity index (χ1n) is 11.5. The van der Waals surface area contributed by atoms with Crippen molar-refractivity contribution >= 4 is 11.8 Å². The second kappa shape index (κ2) is 9.29. The molecule has 2 fully saturated rings. The predicted octanol–water partition coefficient (Wildman–Crippen LogP) is 3.22. The average Bonchev–Trinajstić information content (AvgIpc) is 3.13. The van der Waals surface area contributed by atoms with E-state index in [4.69, 9.17) is 0 Å². The maximum atomic E-state index is 12.8. The minimum absolute atomic E-state index is 0.0260. The van der Waals surface area contributed by atoms with E-state index < -0.39 is 0 Å². The number of likely N-dealkylation sites (tertiary alicyclic amines) is 2. The van der Waals surface area contributed by atoms with Crippen molar-refractivity contribution in [2.24, 2.45) is 0 Å². The van der Waals surface area contributed by atoms with Crippen LogP contribution in [0.2, 0.25) is 0 Å². The molecule has 5 heteroatoms. The number of rotatable bonds is 6. The van der Waals surface area contributed by atoms with Gasteiger partial charge in [0, 0.05) is 25.6 Å². The lowest BCUT2D eigenvalue weighted by atomic mass is 9.89. The molecule has 2 amide bonds. The second-order valence-electron chi connectivity index (χ2n) is 9.09. The van der Waals surface area contributed by atoms with Gasteiger partial charge < -0.3 is 10.2 Å². The highest BCUT2D eigenvalue weighted by molar-refractivity contribution is 5.79. The van der Waals surface area contributed by atoms with Gasteiger partial charge in [0.05, 0.1) is 12.6 Å². The average molecular weight is 398 g/mol. The van der Waals surface area contributed by atoms with Crippen LogP contribution in [0.4, 0.5) is 0 Å². The quantitative estimate of drug-likeness (QED) is 0.802. The van der Waals surface area contributed by atoms with Crippen LogP contribution in [-0.4, -0.2) is 53.8 Å². The molecule has 0 radical (unpaired) electrons. The van der Waals surface area contributed by atoms with Crippen molar-refractivity contribution in [1.82, 2.24) is 15.1 Å². The molecule has 5 nitrogen and oxygen atoms in total. The number of benzene rings is 1. The molecule has 0 aromatic heterocycles. The fourth-order valence-corrected chi connectivity index (χ4v) is 5.20. The summed E-state index contributed by atoms with van der Waals surface area (Å²) in [6.45, 7) is 5.13. The Hall–Kier alpha value is -1.88. The second-order valence-corrected chi connectivity index (χ2v) is 9.09. The van der Waals surface area contributed by atoms with Gasteiger partial charge >= 0.3 is 0 Å². The Labute approximate surface area is 174 Å². The molecule has 0 saturated carbocycles. The molecule has 2 unspecified atom stereocenters. The zero-order chi connectivity index (χ0) is 20.2. The third kappa shape index (κ3) is 5.00. The summed E-state index contributed by atoms with van der Waals surface area (Å²) >= 11 is 0. The summed E-state index contributed by atoms with van der Waals surface area (Å²) in [7, 11) is 0. The molecule has 0 bridgehead atoms. The molecule has 158 valence electrons. The highest BCUT2D eigenvalue weighted by Crippen LogP contribution is 2.25. The number of carbonyl (C=O) groups is 2. The van der Waals surface area contributed by atoms with Crippen LogP contribution in [0.1, 0.15) is 74.6 Å². The van der Waals surface area contributed by atoms with E-state index in [0.717, 1.165) is 45.3 Å². The van der Waals surface area contributed by atoms with Crippen LogP contribution < -0.4 is 5.32 Å². The van der Waals surface area contributed by atoms with Crippen LogP contribution in [0, 0.1) is 0 Å². The fourth-order valence-electron chi connectivity index (χ4n) is 5.20. The molecule has 1 N–H and O–H groups in total. The van der Waals surface area contributed by atoms with Crippen LogP contribution in [0.15, 0.2) is 18.2 Å². The Balaban J connectivity index is 1.33. The fraction of sp³-hybridized carbons (Fsp3) is 0.667. The molecule has 1 aromatic carbocycles. The molecule has 1 aromatic rings. The Kier molecular flexibility index (Phi) is 6.53. The summed E-state index contributed by atoms with van der Waals surface area (Å²) in [6, 6.07) is 7.06. The van der Waals surface area contributed by atoms with E-state index in [1.165, 1.54) is 42.4 Å². The SMILES string of the molecule is CC(NC(=O)CN1CCCCC1CN1CCCC1=O)c1ccc2c(c1)CCCC2. The monoisotopic (exact) mass is 397 g/mol. The molecular formula is C24H35N3O2. The molecule has 2 aliphatic heterocycles. The topological polar surface area (TPSA) is 52.7 Å². The summed E-state index contributed by atoms with van der Waals surface area (Å²) < 4.78 is 0. The number of piperidine rings is 1. The molecule has 4 rings (SSSR count). The van der Waals surface area contributed by atoms with Crippen LogP contribution in [0.25, 0.3) is 0 Å². The molecule has 2 heterocycles.